The van der Waals surface area contributed by atoms with Crippen LogP contribution in [0.5, 0.6) is 5.88 Å². The number of hydrogen-bond acceptors (Lipinski definition) is 4. The van der Waals surface area contributed by atoms with Crippen LogP contribution in [0.4, 0.5) is 5.69 Å². The molecular formula is C18H25N3O2. The Morgan fingerprint density at radius 1 is 1.17 bits per heavy atom. The van der Waals surface area contributed by atoms with Crippen LogP contribution in [0.15, 0.2) is 29.1 Å². The largest absolute Gasteiger partial charge is 0.494 e. The van der Waals surface area contributed by atoms with Gasteiger partial charge < -0.3 is 15.3 Å². The third-order valence-electron chi connectivity index (χ3n) is 4.65. The first-order chi connectivity index (χ1) is 11.1. The van der Waals surface area contributed by atoms with Gasteiger partial charge in [0.1, 0.15) is 0 Å². The maximum absolute atomic E-state index is 11.8. The number of piperidine rings is 1. The highest BCUT2D eigenvalue weighted by atomic mass is 16.3. The zero-order chi connectivity index (χ0) is 16.2. The van der Waals surface area contributed by atoms with Crippen molar-refractivity contribution in [2.75, 3.05) is 31.5 Å². The van der Waals surface area contributed by atoms with Gasteiger partial charge in [-0.1, -0.05) is 6.42 Å². The van der Waals surface area contributed by atoms with E-state index in [0.717, 1.165) is 30.6 Å². The standard InChI is InChI=1S/C18H25N3O2/c1-20-17(22)13-14-12-15(6-7-16(14)18(20)23)19-8-5-11-21-9-3-2-4-10-21/h6-7,12-13,19,23H,2-5,8-11H2,1H3. The van der Waals surface area contributed by atoms with Crippen LogP contribution in [0.25, 0.3) is 10.8 Å². The van der Waals surface area contributed by atoms with Gasteiger partial charge in [-0.05, 0) is 62.5 Å². The highest BCUT2D eigenvalue weighted by Crippen LogP contribution is 2.24. The van der Waals surface area contributed by atoms with Gasteiger partial charge in [0.2, 0.25) is 5.88 Å². The zero-order valence-corrected chi connectivity index (χ0v) is 13.7. The summed E-state index contributed by atoms with van der Waals surface area (Å²) in [5, 5.41) is 14.9. The minimum Gasteiger partial charge on any atom is -0.494 e. The van der Waals surface area contributed by atoms with Crippen molar-refractivity contribution >= 4 is 16.5 Å². The van der Waals surface area contributed by atoms with E-state index in [-0.39, 0.29) is 11.4 Å². The molecule has 2 aromatic rings. The van der Waals surface area contributed by atoms with Crippen molar-refractivity contribution in [2.24, 2.45) is 7.05 Å². The number of likely N-dealkylation sites (tertiary alicyclic amines) is 1. The molecule has 1 aromatic heterocycles. The van der Waals surface area contributed by atoms with Crippen LogP contribution in [0.2, 0.25) is 0 Å². The highest BCUT2D eigenvalue weighted by Gasteiger charge is 2.09. The summed E-state index contributed by atoms with van der Waals surface area (Å²) >= 11 is 0. The van der Waals surface area contributed by atoms with Crippen LogP contribution in [0, 0.1) is 0 Å². The lowest BCUT2D eigenvalue weighted by molar-refractivity contribution is 0.228. The Morgan fingerprint density at radius 2 is 1.96 bits per heavy atom. The van der Waals surface area contributed by atoms with E-state index in [9.17, 15) is 9.90 Å². The minimum absolute atomic E-state index is 0.0177. The number of pyridine rings is 1. The summed E-state index contributed by atoms with van der Waals surface area (Å²) in [6.45, 7) is 4.53. The van der Waals surface area contributed by atoms with E-state index in [1.807, 2.05) is 18.2 Å². The molecule has 5 heteroatoms. The molecule has 1 aromatic carbocycles. The summed E-state index contributed by atoms with van der Waals surface area (Å²) < 4.78 is 1.26. The highest BCUT2D eigenvalue weighted by molar-refractivity contribution is 5.89. The van der Waals surface area contributed by atoms with Gasteiger partial charge >= 0.3 is 0 Å². The smallest absolute Gasteiger partial charge is 0.253 e. The Morgan fingerprint density at radius 3 is 2.74 bits per heavy atom. The Labute approximate surface area is 136 Å². The number of aromatic hydroxyl groups is 1. The normalized spacial score (nSPS) is 15.9. The van der Waals surface area contributed by atoms with E-state index in [4.69, 9.17) is 0 Å². The van der Waals surface area contributed by atoms with Gasteiger partial charge in [-0.2, -0.15) is 0 Å². The fourth-order valence-corrected chi connectivity index (χ4v) is 3.23. The summed E-state index contributed by atoms with van der Waals surface area (Å²) in [4.78, 5) is 14.3. The SMILES string of the molecule is Cn1c(O)c2ccc(NCCCN3CCCCC3)cc2cc1=O. The van der Waals surface area contributed by atoms with Gasteiger partial charge in [0.15, 0.2) is 0 Å². The number of nitrogens with one attached hydrogen (secondary N) is 1. The Balaban J connectivity index is 1.60. The molecule has 124 valence electrons. The lowest BCUT2D eigenvalue weighted by Crippen LogP contribution is -2.31. The maximum atomic E-state index is 11.8. The molecule has 0 atom stereocenters. The second kappa shape index (κ2) is 7.04. The van der Waals surface area contributed by atoms with Gasteiger partial charge in [0, 0.05) is 30.7 Å². The van der Waals surface area contributed by atoms with Crippen molar-refractivity contribution in [1.82, 2.24) is 9.47 Å². The molecule has 0 amide bonds. The number of anilines is 1. The monoisotopic (exact) mass is 315 g/mol. The molecule has 0 aliphatic carbocycles. The Hall–Kier alpha value is -2.01. The molecule has 1 aliphatic rings. The van der Waals surface area contributed by atoms with Gasteiger partial charge in [-0.3, -0.25) is 9.36 Å². The van der Waals surface area contributed by atoms with Crippen LogP contribution in [-0.4, -0.2) is 40.8 Å². The van der Waals surface area contributed by atoms with E-state index >= 15 is 0 Å². The van der Waals surface area contributed by atoms with Crippen molar-refractivity contribution in [1.29, 1.82) is 0 Å². The summed E-state index contributed by atoms with van der Waals surface area (Å²) in [6, 6.07) is 7.30. The Kier molecular flexibility index (Phi) is 4.86. The molecule has 23 heavy (non-hydrogen) atoms. The van der Waals surface area contributed by atoms with Gasteiger partial charge in [-0.25, -0.2) is 0 Å². The average Bonchev–Trinajstić information content (AvgIpc) is 2.57. The van der Waals surface area contributed by atoms with Crippen molar-refractivity contribution in [3.8, 4) is 5.88 Å². The first-order valence-corrected chi connectivity index (χ1v) is 8.44. The first kappa shape index (κ1) is 15.9. The quantitative estimate of drug-likeness (QED) is 0.833. The maximum Gasteiger partial charge on any atom is 0.253 e. The van der Waals surface area contributed by atoms with Crippen LogP contribution in [0.3, 0.4) is 0 Å². The van der Waals surface area contributed by atoms with Crippen LogP contribution < -0.4 is 10.9 Å². The van der Waals surface area contributed by atoms with E-state index in [0.29, 0.717) is 5.39 Å². The second-order valence-electron chi connectivity index (χ2n) is 6.35. The number of benzene rings is 1. The number of rotatable bonds is 5. The molecule has 5 nitrogen and oxygen atoms in total. The number of nitrogens with zero attached hydrogens (tertiary/aromatic N) is 2. The summed E-state index contributed by atoms with van der Waals surface area (Å²) in [5.74, 6) is 0.0177. The van der Waals surface area contributed by atoms with Crippen LogP contribution in [0.1, 0.15) is 25.7 Å². The summed E-state index contributed by atoms with van der Waals surface area (Å²) in [6.07, 6.45) is 5.14. The molecule has 0 unspecified atom stereocenters. The first-order valence-electron chi connectivity index (χ1n) is 8.44. The molecule has 0 radical (unpaired) electrons. The van der Waals surface area contributed by atoms with Gasteiger partial charge in [-0.15, -0.1) is 0 Å². The molecule has 1 aliphatic heterocycles. The number of hydrogen-bond donors (Lipinski definition) is 2. The molecular weight excluding hydrogens is 290 g/mol. The third kappa shape index (κ3) is 3.67. The fourth-order valence-electron chi connectivity index (χ4n) is 3.23. The molecule has 3 rings (SSSR count). The second-order valence-corrected chi connectivity index (χ2v) is 6.35. The Bertz CT molecular complexity index is 733. The minimum atomic E-state index is -0.197. The van der Waals surface area contributed by atoms with Crippen molar-refractivity contribution in [3.05, 3.63) is 34.6 Å². The van der Waals surface area contributed by atoms with Crippen LogP contribution >= 0.6 is 0 Å². The molecule has 0 spiro atoms. The summed E-state index contributed by atoms with van der Waals surface area (Å²) in [7, 11) is 1.57. The lowest BCUT2D eigenvalue weighted by Gasteiger charge is -2.26. The molecule has 1 saturated heterocycles. The molecule has 2 N–H and O–H groups in total. The molecule has 0 bridgehead atoms. The van der Waals surface area contributed by atoms with Crippen molar-refractivity contribution in [3.63, 3.8) is 0 Å². The molecule has 2 heterocycles. The van der Waals surface area contributed by atoms with Crippen molar-refractivity contribution < 1.29 is 5.11 Å². The number of fused-ring (bicyclic) bond motifs is 1. The van der Waals surface area contributed by atoms with Gasteiger partial charge in [0.25, 0.3) is 5.56 Å². The topological polar surface area (TPSA) is 57.5 Å². The third-order valence-corrected chi connectivity index (χ3v) is 4.65. The predicted molar refractivity (Wildman–Crippen MR) is 94.3 cm³/mol. The lowest BCUT2D eigenvalue weighted by atomic mass is 10.1. The van der Waals surface area contributed by atoms with E-state index in [1.54, 1.807) is 13.1 Å². The average molecular weight is 315 g/mol. The van der Waals surface area contributed by atoms with E-state index in [2.05, 4.69) is 10.2 Å². The summed E-state index contributed by atoms with van der Waals surface area (Å²) in [5.41, 5.74) is 0.793. The molecule has 1 fully saturated rings. The fraction of sp³-hybridized carbons (Fsp3) is 0.500. The zero-order valence-electron chi connectivity index (χ0n) is 13.7. The molecule has 0 saturated carbocycles. The van der Waals surface area contributed by atoms with Gasteiger partial charge in [0.05, 0.1) is 0 Å². The van der Waals surface area contributed by atoms with Crippen LogP contribution in [-0.2, 0) is 7.05 Å². The van der Waals surface area contributed by atoms with E-state index < -0.39 is 0 Å². The number of aromatic nitrogens is 1. The predicted octanol–water partition coefficient (Wildman–Crippen LogP) is 2.53. The van der Waals surface area contributed by atoms with Crippen molar-refractivity contribution in [2.45, 2.75) is 25.7 Å². The van der Waals surface area contributed by atoms with E-state index in [1.165, 1.54) is 36.9 Å².